The van der Waals surface area contributed by atoms with Crippen molar-refractivity contribution in [3.05, 3.63) is 146 Å². The van der Waals surface area contributed by atoms with Gasteiger partial charge in [-0.15, -0.1) is 0 Å². The molecule has 0 aromatic carbocycles. The molecule has 0 aliphatic heterocycles. The molecule has 0 aromatic rings. The highest BCUT2D eigenvalue weighted by molar-refractivity contribution is 5.71. The maximum Gasteiger partial charge on any atom is 0.306 e. The number of hydrogen-bond donors (Lipinski definition) is 0. The zero-order valence-electron chi connectivity index (χ0n) is 49.7. The smallest absolute Gasteiger partial charge is 0.306 e. The first-order valence-electron chi connectivity index (χ1n) is 31.3. The van der Waals surface area contributed by atoms with E-state index in [0.29, 0.717) is 12.8 Å². The number of unbranched alkanes of at least 4 members (excludes halogenated alkanes) is 20. The van der Waals surface area contributed by atoms with Crippen LogP contribution >= 0.6 is 0 Å². The van der Waals surface area contributed by atoms with E-state index in [9.17, 15) is 14.4 Å². The molecule has 0 saturated heterocycles. The summed E-state index contributed by atoms with van der Waals surface area (Å²) >= 11 is 0. The summed E-state index contributed by atoms with van der Waals surface area (Å²) in [5, 5.41) is 0. The van der Waals surface area contributed by atoms with Crippen LogP contribution in [0.1, 0.15) is 265 Å². The standard InChI is InChI=1S/C71H114O6/c1-4-7-10-13-15-17-19-21-23-25-27-29-31-33-34-35-36-38-39-41-43-45-47-49-51-53-55-58-61-64-70(73)76-67-68(66-75-69(72)63-60-57-12-9-6-3)77-71(74)65-62-59-56-54-52-50-48-46-44-42-40-37-32-30-28-26-24-22-20-18-16-14-11-8-5-2/h7-8,10-11,15-18,21-24,27-30,33-34,37,40,44,46,50,52,68H,4-6,9,12-14,19-20,25-26,31-32,35-36,38-39,41-43,45,47-49,51,53-67H2,1-3H3/b10-7-,11-8-,17-15-,18-16-,23-21-,24-22-,29-27-,30-28-,34-33-,40-37-,46-44-,52-50-. The Morgan fingerprint density at radius 2 is 0.506 bits per heavy atom. The third kappa shape index (κ3) is 62.0. The fourth-order valence-corrected chi connectivity index (χ4v) is 8.21. The largest absolute Gasteiger partial charge is 0.462 e. The van der Waals surface area contributed by atoms with Crippen molar-refractivity contribution in [2.24, 2.45) is 0 Å². The predicted molar refractivity (Wildman–Crippen MR) is 334 cm³/mol. The van der Waals surface area contributed by atoms with E-state index >= 15 is 0 Å². The van der Waals surface area contributed by atoms with Crippen LogP contribution in [0.2, 0.25) is 0 Å². The Balaban J connectivity index is 4.14. The fourth-order valence-electron chi connectivity index (χ4n) is 8.21. The van der Waals surface area contributed by atoms with Gasteiger partial charge < -0.3 is 14.2 Å². The molecule has 0 rings (SSSR count). The van der Waals surface area contributed by atoms with E-state index in [4.69, 9.17) is 14.2 Å². The molecule has 434 valence electrons. The van der Waals surface area contributed by atoms with Crippen LogP contribution < -0.4 is 0 Å². The third-order valence-corrected chi connectivity index (χ3v) is 12.8. The average molecular weight is 1060 g/mol. The number of allylic oxidation sites excluding steroid dienone is 24. The quantitative estimate of drug-likeness (QED) is 0.0261. The second-order valence-electron chi connectivity index (χ2n) is 20.2. The molecule has 77 heavy (non-hydrogen) atoms. The molecule has 0 N–H and O–H groups in total. The number of esters is 3. The second-order valence-corrected chi connectivity index (χ2v) is 20.2. The second kappa shape index (κ2) is 63.8. The van der Waals surface area contributed by atoms with Gasteiger partial charge in [-0.25, -0.2) is 0 Å². The van der Waals surface area contributed by atoms with Crippen LogP contribution in [0.4, 0.5) is 0 Å². The normalized spacial score (nSPS) is 13.1. The third-order valence-electron chi connectivity index (χ3n) is 12.8. The summed E-state index contributed by atoms with van der Waals surface area (Å²) in [6, 6.07) is 0. The number of ether oxygens (including phenoxy) is 3. The molecule has 0 saturated carbocycles. The first-order chi connectivity index (χ1) is 38.0. The van der Waals surface area contributed by atoms with Crippen molar-refractivity contribution < 1.29 is 28.6 Å². The Kier molecular flexibility index (Phi) is 59.9. The van der Waals surface area contributed by atoms with E-state index in [0.717, 1.165) is 154 Å². The highest BCUT2D eigenvalue weighted by Gasteiger charge is 2.19. The number of hydrogen-bond acceptors (Lipinski definition) is 6. The van der Waals surface area contributed by atoms with Gasteiger partial charge >= 0.3 is 17.9 Å². The lowest BCUT2D eigenvalue weighted by Gasteiger charge is -2.18. The van der Waals surface area contributed by atoms with Gasteiger partial charge in [0.25, 0.3) is 0 Å². The molecule has 0 spiro atoms. The van der Waals surface area contributed by atoms with Crippen LogP contribution in [0, 0.1) is 0 Å². The van der Waals surface area contributed by atoms with Gasteiger partial charge in [0.05, 0.1) is 0 Å². The Labute approximate surface area is 474 Å². The summed E-state index contributed by atoms with van der Waals surface area (Å²) in [6.07, 6.45) is 91.8. The Morgan fingerprint density at radius 1 is 0.273 bits per heavy atom. The molecule has 6 nitrogen and oxygen atoms in total. The average Bonchev–Trinajstić information content (AvgIpc) is 3.43. The van der Waals surface area contributed by atoms with E-state index < -0.39 is 6.10 Å². The minimum absolute atomic E-state index is 0.0962. The van der Waals surface area contributed by atoms with E-state index in [1.807, 2.05) is 0 Å². The van der Waals surface area contributed by atoms with Crippen molar-refractivity contribution in [2.45, 2.75) is 271 Å². The van der Waals surface area contributed by atoms with Gasteiger partial charge in [0, 0.05) is 19.3 Å². The molecule has 0 bridgehead atoms. The summed E-state index contributed by atoms with van der Waals surface area (Å²) in [5.41, 5.74) is 0. The minimum Gasteiger partial charge on any atom is -0.462 e. The molecular weight excluding hydrogens is 949 g/mol. The summed E-state index contributed by atoms with van der Waals surface area (Å²) in [4.78, 5) is 37.9. The first-order valence-corrected chi connectivity index (χ1v) is 31.3. The van der Waals surface area contributed by atoms with Crippen molar-refractivity contribution in [2.75, 3.05) is 13.2 Å². The molecule has 1 atom stereocenters. The van der Waals surface area contributed by atoms with Crippen molar-refractivity contribution in [1.29, 1.82) is 0 Å². The molecule has 0 fully saturated rings. The molecule has 0 heterocycles. The lowest BCUT2D eigenvalue weighted by Crippen LogP contribution is -2.30. The summed E-state index contributed by atoms with van der Waals surface area (Å²) in [7, 11) is 0. The summed E-state index contributed by atoms with van der Waals surface area (Å²) in [5.74, 6) is -0.947. The summed E-state index contributed by atoms with van der Waals surface area (Å²) < 4.78 is 16.7. The van der Waals surface area contributed by atoms with Crippen molar-refractivity contribution >= 4 is 17.9 Å². The highest BCUT2D eigenvalue weighted by atomic mass is 16.6. The lowest BCUT2D eigenvalue weighted by molar-refractivity contribution is -0.167. The molecule has 0 amide bonds. The Bertz CT molecular complexity index is 1700. The number of carbonyl (C=O) groups excluding carboxylic acids is 3. The fraction of sp³-hybridized carbons (Fsp3) is 0.620. The van der Waals surface area contributed by atoms with Gasteiger partial charge in [0.15, 0.2) is 6.10 Å². The van der Waals surface area contributed by atoms with Gasteiger partial charge in [-0.1, -0.05) is 269 Å². The maximum absolute atomic E-state index is 12.8. The van der Waals surface area contributed by atoms with Gasteiger partial charge in [-0.05, 0) is 122 Å². The molecule has 0 aromatic heterocycles. The summed E-state index contributed by atoms with van der Waals surface area (Å²) in [6.45, 7) is 6.30. The minimum atomic E-state index is -0.798. The number of rotatable bonds is 55. The highest BCUT2D eigenvalue weighted by Crippen LogP contribution is 2.15. The predicted octanol–water partition coefficient (Wildman–Crippen LogP) is 21.5. The Morgan fingerprint density at radius 3 is 0.805 bits per heavy atom. The molecule has 0 aliphatic rings. The van der Waals surface area contributed by atoms with Gasteiger partial charge in [-0.3, -0.25) is 14.4 Å². The Hall–Kier alpha value is -4.71. The van der Waals surface area contributed by atoms with Crippen LogP contribution in [0.3, 0.4) is 0 Å². The van der Waals surface area contributed by atoms with Crippen LogP contribution in [-0.4, -0.2) is 37.2 Å². The molecule has 0 radical (unpaired) electrons. The monoisotopic (exact) mass is 1060 g/mol. The molecule has 1 unspecified atom stereocenters. The van der Waals surface area contributed by atoms with E-state index in [2.05, 4.69) is 167 Å². The van der Waals surface area contributed by atoms with Gasteiger partial charge in [-0.2, -0.15) is 0 Å². The number of carbonyl (C=O) groups is 3. The van der Waals surface area contributed by atoms with Crippen molar-refractivity contribution in [3.8, 4) is 0 Å². The first kappa shape index (κ1) is 72.3. The van der Waals surface area contributed by atoms with Crippen molar-refractivity contribution in [3.63, 3.8) is 0 Å². The van der Waals surface area contributed by atoms with Gasteiger partial charge in [0.1, 0.15) is 13.2 Å². The lowest BCUT2D eigenvalue weighted by atomic mass is 10.0. The van der Waals surface area contributed by atoms with E-state index in [1.54, 1.807) is 0 Å². The van der Waals surface area contributed by atoms with E-state index in [-0.39, 0.29) is 37.5 Å². The zero-order chi connectivity index (χ0) is 55.7. The van der Waals surface area contributed by atoms with Crippen LogP contribution in [0.25, 0.3) is 0 Å². The maximum atomic E-state index is 12.8. The van der Waals surface area contributed by atoms with Gasteiger partial charge in [0.2, 0.25) is 0 Å². The van der Waals surface area contributed by atoms with Crippen LogP contribution in [0.5, 0.6) is 0 Å². The molecule has 6 heteroatoms. The van der Waals surface area contributed by atoms with Crippen LogP contribution in [-0.2, 0) is 28.6 Å². The topological polar surface area (TPSA) is 78.9 Å². The SMILES string of the molecule is CC/C=C\C/C=C\C/C=C\C/C=C\C/C=C\C/C=C\C/C=C\CCCCCC(=O)OC(COC(=O)CCCCCCC)COC(=O)CCCCCCCCCCCCCCC/C=C\C/C=C\C/C=C\C/C=C\C/C=C\CC. The molecular formula is C71H114O6. The van der Waals surface area contributed by atoms with E-state index in [1.165, 1.54) is 70.6 Å². The van der Waals surface area contributed by atoms with Crippen molar-refractivity contribution in [1.82, 2.24) is 0 Å². The van der Waals surface area contributed by atoms with Crippen LogP contribution in [0.15, 0.2) is 146 Å². The zero-order valence-corrected chi connectivity index (χ0v) is 49.7. The molecule has 0 aliphatic carbocycles.